The first-order valence-corrected chi connectivity index (χ1v) is 10.1. The van der Waals surface area contributed by atoms with Crippen LogP contribution in [0.3, 0.4) is 0 Å². The number of amides is 2. The zero-order valence-corrected chi connectivity index (χ0v) is 17.5. The van der Waals surface area contributed by atoms with Crippen molar-refractivity contribution in [1.82, 2.24) is 5.32 Å². The molecule has 1 N–H and O–H groups in total. The number of nitrogens with one attached hydrogen (secondary N) is 1. The number of hydrogen-bond donors (Lipinski definition) is 1. The van der Waals surface area contributed by atoms with E-state index in [4.69, 9.17) is 4.74 Å². The molecule has 0 atom stereocenters. The van der Waals surface area contributed by atoms with E-state index in [0.717, 1.165) is 16.5 Å². The van der Waals surface area contributed by atoms with Crippen LogP contribution in [0, 0.1) is 5.92 Å². The quantitative estimate of drug-likeness (QED) is 0.675. The molecule has 2 aromatic carbocycles. The second kappa shape index (κ2) is 9.06. The fraction of sp³-hybridized carbons (Fsp3) is 0.273. The van der Waals surface area contributed by atoms with E-state index in [1.54, 1.807) is 18.2 Å². The Morgan fingerprint density at radius 3 is 2.75 bits per heavy atom. The molecular formula is C22H23BrN2O3. The van der Waals surface area contributed by atoms with E-state index in [1.807, 2.05) is 36.4 Å². The molecule has 0 unspecified atom stereocenters. The summed E-state index contributed by atoms with van der Waals surface area (Å²) in [6.07, 6.45) is 2.58. The number of benzene rings is 2. The molecule has 1 aliphatic rings. The Morgan fingerprint density at radius 1 is 1.21 bits per heavy atom. The van der Waals surface area contributed by atoms with Gasteiger partial charge in [0, 0.05) is 11.0 Å². The molecule has 0 saturated carbocycles. The molecule has 0 saturated heterocycles. The van der Waals surface area contributed by atoms with Crippen LogP contribution in [-0.4, -0.2) is 24.9 Å². The van der Waals surface area contributed by atoms with Crippen LogP contribution in [-0.2, 0) is 9.59 Å². The second-order valence-corrected chi connectivity index (χ2v) is 7.97. The lowest BCUT2D eigenvalue weighted by Gasteiger charge is -2.30. The first kappa shape index (κ1) is 20.1. The van der Waals surface area contributed by atoms with Crippen LogP contribution in [0.15, 0.2) is 58.8 Å². The summed E-state index contributed by atoms with van der Waals surface area (Å²) in [5.41, 5.74) is 1.43. The maximum absolute atomic E-state index is 13.0. The number of rotatable bonds is 6. The third-order valence-corrected chi connectivity index (χ3v) is 4.82. The van der Waals surface area contributed by atoms with Crippen molar-refractivity contribution in [3.05, 3.63) is 64.3 Å². The van der Waals surface area contributed by atoms with Crippen LogP contribution in [0.25, 0.3) is 6.08 Å². The third-order valence-electron chi connectivity index (χ3n) is 4.32. The Labute approximate surface area is 173 Å². The van der Waals surface area contributed by atoms with Gasteiger partial charge in [-0.1, -0.05) is 54.0 Å². The smallest absolute Gasteiger partial charge is 0.294 e. The number of nitrogens with zero attached hydrogens (tertiary/aromatic N) is 1. The van der Waals surface area contributed by atoms with Crippen LogP contribution < -0.4 is 15.0 Å². The Hall–Kier alpha value is -2.60. The predicted octanol–water partition coefficient (Wildman–Crippen LogP) is 4.38. The predicted molar refractivity (Wildman–Crippen MR) is 114 cm³/mol. The van der Waals surface area contributed by atoms with Crippen molar-refractivity contribution in [2.24, 2.45) is 5.92 Å². The fourth-order valence-electron chi connectivity index (χ4n) is 2.87. The van der Waals surface area contributed by atoms with E-state index < -0.39 is 0 Å². The number of anilines is 1. The topological polar surface area (TPSA) is 58.6 Å². The number of carbonyl (C=O) groups is 2. The highest BCUT2D eigenvalue weighted by molar-refractivity contribution is 9.10. The minimum Gasteiger partial charge on any atom is -0.449 e. The van der Waals surface area contributed by atoms with Gasteiger partial charge in [-0.05, 0) is 48.2 Å². The molecule has 146 valence electrons. The Bertz CT molecular complexity index is 908. The average Bonchev–Trinajstić information content (AvgIpc) is 2.65. The molecule has 28 heavy (non-hydrogen) atoms. The van der Waals surface area contributed by atoms with Gasteiger partial charge in [0.15, 0.2) is 11.5 Å². The van der Waals surface area contributed by atoms with Gasteiger partial charge in [0.05, 0.1) is 5.69 Å². The van der Waals surface area contributed by atoms with E-state index in [9.17, 15) is 9.59 Å². The summed E-state index contributed by atoms with van der Waals surface area (Å²) in [5, 5.41) is 2.89. The molecule has 0 fully saturated rings. The summed E-state index contributed by atoms with van der Waals surface area (Å²) in [6, 6.07) is 14.8. The number of carbonyl (C=O) groups excluding carboxylic acids is 2. The first-order chi connectivity index (χ1) is 13.4. The van der Waals surface area contributed by atoms with Gasteiger partial charge in [-0.3, -0.25) is 14.5 Å². The van der Waals surface area contributed by atoms with Crippen molar-refractivity contribution < 1.29 is 14.3 Å². The summed E-state index contributed by atoms with van der Waals surface area (Å²) < 4.78 is 6.74. The largest absolute Gasteiger partial charge is 0.449 e. The standard InChI is InChI=1S/C22H23BrN2O3/c1-15(2)10-11-24-21(26)14-25-18-8-3-4-9-19(18)28-20(22(25)27)13-16-6-5-7-17(23)12-16/h3-9,12-13,15H,10-11,14H2,1-2H3,(H,24,26). The van der Waals surface area contributed by atoms with Crippen LogP contribution in [0.2, 0.25) is 0 Å². The molecule has 0 bridgehead atoms. The van der Waals surface area contributed by atoms with Crippen LogP contribution in [0.4, 0.5) is 5.69 Å². The van der Waals surface area contributed by atoms with Crippen molar-refractivity contribution in [2.75, 3.05) is 18.0 Å². The van der Waals surface area contributed by atoms with Gasteiger partial charge in [-0.2, -0.15) is 0 Å². The molecule has 0 aliphatic carbocycles. The highest BCUT2D eigenvalue weighted by Crippen LogP contribution is 2.35. The molecular weight excluding hydrogens is 420 g/mol. The molecule has 1 heterocycles. The van der Waals surface area contributed by atoms with Gasteiger partial charge >= 0.3 is 0 Å². The fourth-order valence-corrected chi connectivity index (χ4v) is 3.28. The van der Waals surface area contributed by atoms with Gasteiger partial charge in [-0.25, -0.2) is 0 Å². The number of hydrogen-bond acceptors (Lipinski definition) is 3. The normalized spacial score (nSPS) is 14.8. The number of fused-ring (bicyclic) bond motifs is 1. The Kier molecular flexibility index (Phi) is 6.52. The van der Waals surface area contributed by atoms with Gasteiger partial charge in [-0.15, -0.1) is 0 Å². The number of ether oxygens (including phenoxy) is 1. The zero-order valence-electron chi connectivity index (χ0n) is 15.9. The van der Waals surface area contributed by atoms with E-state index in [-0.39, 0.29) is 24.1 Å². The van der Waals surface area contributed by atoms with Gasteiger partial charge in [0.1, 0.15) is 6.54 Å². The van der Waals surface area contributed by atoms with Crippen molar-refractivity contribution >= 4 is 39.5 Å². The lowest BCUT2D eigenvalue weighted by atomic mass is 10.1. The lowest BCUT2D eigenvalue weighted by Crippen LogP contribution is -2.44. The molecule has 1 aliphatic heterocycles. The van der Waals surface area contributed by atoms with Crippen molar-refractivity contribution in [3.8, 4) is 5.75 Å². The SMILES string of the molecule is CC(C)CCNC(=O)CN1C(=O)C(=Cc2cccc(Br)c2)Oc2ccccc21. The second-order valence-electron chi connectivity index (χ2n) is 7.06. The highest BCUT2D eigenvalue weighted by Gasteiger charge is 2.31. The Morgan fingerprint density at radius 2 is 2.00 bits per heavy atom. The summed E-state index contributed by atoms with van der Waals surface area (Å²) in [5.74, 6) is 0.723. The van der Waals surface area contributed by atoms with Crippen molar-refractivity contribution in [2.45, 2.75) is 20.3 Å². The van der Waals surface area contributed by atoms with Gasteiger partial charge in [0.25, 0.3) is 5.91 Å². The number of para-hydroxylation sites is 2. The molecule has 0 radical (unpaired) electrons. The molecule has 0 spiro atoms. The van der Waals surface area contributed by atoms with Crippen molar-refractivity contribution in [3.63, 3.8) is 0 Å². The highest BCUT2D eigenvalue weighted by atomic mass is 79.9. The average molecular weight is 443 g/mol. The van der Waals surface area contributed by atoms with Gasteiger partial charge < -0.3 is 10.1 Å². The summed E-state index contributed by atoms with van der Waals surface area (Å²) >= 11 is 3.43. The lowest BCUT2D eigenvalue weighted by molar-refractivity contribution is -0.123. The monoisotopic (exact) mass is 442 g/mol. The van der Waals surface area contributed by atoms with E-state index in [1.165, 1.54) is 4.90 Å². The molecule has 2 amide bonds. The molecule has 5 nitrogen and oxygen atoms in total. The van der Waals surface area contributed by atoms with Crippen LogP contribution in [0.1, 0.15) is 25.8 Å². The summed E-state index contributed by atoms with van der Waals surface area (Å²) in [4.78, 5) is 26.9. The van der Waals surface area contributed by atoms with Crippen LogP contribution in [0.5, 0.6) is 5.75 Å². The van der Waals surface area contributed by atoms with Gasteiger partial charge in [0.2, 0.25) is 5.91 Å². The summed E-state index contributed by atoms with van der Waals surface area (Å²) in [7, 11) is 0. The molecule has 3 rings (SSSR count). The van der Waals surface area contributed by atoms with E-state index >= 15 is 0 Å². The minimum atomic E-state index is -0.335. The summed E-state index contributed by atoms with van der Waals surface area (Å²) in [6.45, 7) is 4.75. The first-order valence-electron chi connectivity index (χ1n) is 9.27. The van der Waals surface area contributed by atoms with Crippen LogP contribution >= 0.6 is 15.9 Å². The molecule has 0 aromatic heterocycles. The zero-order chi connectivity index (χ0) is 20.1. The molecule has 6 heteroatoms. The number of halogens is 1. The maximum atomic E-state index is 13.0. The van der Waals surface area contributed by atoms with Crippen molar-refractivity contribution in [1.29, 1.82) is 0 Å². The Balaban J connectivity index is 1.84. The molecule has 2 aromatic rings. The maximum Gasteiger partial charge on any atom is 0.294 e. The van der Waals surface area contributed by atoms with E-state index in [0.29, 0.717) is 23.9 Å². The van der Waals surface area contributed by atoms with E-state index in [2.05, 4.69) is 35.1 Å². The third kappa shape index (κ3) is 5.01. The minimum absolute atomic E-state index is 0.0485.